The fraction of sp³-hybridized carbons (Fsp3) is 0.375. The Morgan fingerprint density at radius 2 is 2.00 bits per heavy atom. The molecule has 1 unspecified atom stereocenters. The number of aromatic amines is 1. The van der Waals surface area contributed by atoms with E-state index in [1.165, 1.54) is 6.20 Å². The van der Waals surface area contributed by atoms with Crippen LogP contribution in [0.25, 0.3) is 0 Å². The molecule has 2 N–H and O–H groups in total. The summed E-state index contributed by atoms with van der Waals surface area (Å²) >= 11 is 0. The van der Waals surface area contributed by atoms with E-state index >= 15 is 0 Å². The van der Waals surface area contributed by atoms with Crippen LogP contribution in [0.15, 0.2) is 23.2 Å². The van der Waals surface area contributed by atoms with Crippen LogP contribution in [0.2, 0.25) is 0 Å². The van der Waals surface area contributed by atoms with Crippen LogP contribution in [0.1, 0.15) is 17.7 Å². The third-order valence-electron chi connectivity index (χ3n) is 4.29. The van der Waals surface area contributed by atoms with Crippen LogP contribution in [0, 0.1) is 11.6 Å². The maximum atomic E-state index is 14.0. The Morgan fingerprint density at radius 1 is 1.26 bits per heavy atom. The molecule has 0 bridgehead atoms. The summed E-state index contributed by atoms with van der Waals surface area (Å²) in [6.45, 7) is -3.34. The summed E-state index contributed by atoms with van der Waals surface area (Å²) < 4.78 is 88.4. The molecule has 1 aliphatic carbocycles. The first-order valence-corrected chi connectivity index (χ1v) is 9.38. The summed E-state index contributed by atoms with van der Waals surface area (Å²) in [5.74, 6) is -3.59. The number of benzene rings is 1. The fourth-order valence-electron chi connectivity index (χ4n) is 3.00. The molecule has 27 heavy (non-hydrogen) atoms. The first kappa shape index (κ1) is 19.5. The molecule has 0 aliphatic heterocycles. The largest absolute Gasteiger partial charge is 0.432 e. The van der Waals surface area contributed by atoms with Gasteiger partial charge in [-0.1, -0.05) is 0 Å². The zero-order valence-electron chi connectivity index (χ0n) is 14.1. The van der Waals surface area contributed by atoms with Gasteiger partial charge in [0.1, 0.15) is 4.90 Å². The Morgan fingerprint density at radius 3 is 2.67 bits per heavy atom. The van der Waals surface area contributed by atoms with E-state index in [1.807, 2.05) is 4.72 Å². The number of anilines is 1. The highest BCUT2D eigenvalue weighted by molar-refractivity contribution is 7.92. The predicted molar refractivity (Wildman–Crippen MR) is 87.4 cm³/mol. The molecule has 1 heterocycles. The quantitative estimate of drug-likeness (QED) is 0.720. The lowest BCUT2D eigenvalue weighted by Gasteiger charge is -2.21. The highest BCUT2D eigenvalue weighted by Crippen LogP contribution is 2.31. The van der Waals surface area contributed by atoms with Gasteiger partial charge in [0, 0.05) is 37.6 Å². The first-order chi connectivity index (χ1) is 12.7. The Kier molecular flexibility index (Phi) is 5.33. The summed E-state index contributed by atoms with van der Waals surface area (Å²) in [7, 11) is -2.66. The maximum absolute atomic E-state index is 14.0. The van der Waals surface area contributed by atoms with E-state index in [4.69, 9.17) is 4.74 Å². The van der Waals surface area contributed by atoms with Gasteiger partial charge in [-0.3, -0.25) is 4.72 Å². The number of halogens is 4. The molecule has 0 radical (unpaired) electrons. The lowest BCUT2D eigenvalue weighted by atomic mass is 9.95. The van der Waals surface area contributed by atoms with E-state index in [-0.39, 0.29) is 11.0 Å². The lowest BCUT2D eigenvalue weighted by Crippen LogP contribution is -2.22. The summed E-state index contributed by atoms with van der Waals surface area (Å²) in [5.41, 5.74) is 0.532. The maximum Gasteiger partial charge on any atom is 0.387 e. The van der Waals surface area contributed by atoms with Gasteiger partial charge >= 0.3 is 6.61 Å². The van der Waals surface area contributed by atoms with E-state index in [9.17, 15) is 26.0 Å². The Bertz CT molecular complexity index is 946. The molecular formula is C16H16F4N2O4S. The molecular weight excluding hydrogens is 392 g/mol. The van der Waals surface area contributed by atoms with E-state index < -0.39 is 39.7 Å². The number of sulfonamides is 1. The number of ether oxygens (including phenoxy) is 2. The van der Waals surface area contributed by atoms with Crippen molar-refractivity contribution >= 4 is 15.7 Å². The van der Waals surface area contributed by atoms with Crippen LogP contribution in [0.3, 0.4) is 0 Å². The summed E-state index contributed by atoms with van der Waals surface area (Å²) in [4.78, 5) is 2.79. The van der Waals surface area contributed by atoms with Crippen molar-refractivity contribution in [2.24, 2.45) is 0 Å². The molecule has 6 nitrogen and oxygen atoms in total. The highest BCUT2D eigenvalue weighted by atomic mass is 32.2. The summed E-state index contributed by atoms with van der Waals surface area (Å²) in [5, 5.41) is 0. The Labute approximate surface area is 152 Å². The molecule has 0 saturated carbocycles. The SMILES string of the molecule is COC1CCc2c(S(=O)(=O)Nc3cc(F)c(OC(F)F)cc3F)c[nH]c2C1. The average molecular weight is 408 g/mol. The molecule has 1 aliphatic rings. The van der Waals surface area contributed by atoms with Crippen LogP contribution < -0.4 is 9.46 Å². The van der Waals surface area contributed by atoms with Gasteiger partial charge in [-0.05, 0) is 18.4 Å². The van der Waals surface area contributed by atoms with Gasteiger partial charge in [0.25, 0.3) is 10.0 Å². The van der Waals surface area contributed by atoms with Gasteiger partial charge in [-0.15, -0.1) is 0 Å². The number of rotatable bonds is 6. The number of hydrogen-bond acceptors (Lipinski definition) is 4. The van der Waals surface area contributed by atoms with Crippen molar-refractivity contribution in [1.29, 1.82) is 0 Å². The van der Waals surface area contributed by atoms with Crippen LogP contribution in [0.4, 0.5) is 23.2 Å². The zero-order valence-corrected chi connectivity index (χ0v) is 14.9. The molecule has 1 aromatic heterocycles. The van der Waals surface area contributed by atoms with Gasteiger partial charge in [0.15, 0.2) is 17.4 Å². The molecule has 0 amide bonds. The molecule has 0 spiro atoms. The zero-order chi connectivity index (χ0) is 19.8. The normalized spacial score (nSPS) is 17.0. The number of alkyl halides is 2. The topological polar surface area (TPSA) is 80.4 Å². The van der Waals surface area contributed by atoms with Crippen molar-refractivity contribution in [1.82, 2.24) is 4.98 Å². The molecule has 11 heteroatoms. The smallest absolute Gasteiger partial charge is 0.387 e. The molecule has 2 aromatic rings. The third-order valence-corrected chi connectivity index (χ3v) is 5.72. The first-order valence-electron chi connectivity index (χ1n) is 7.90. The van der Waals surface area contributed by atoms with Crippen LogP contribution >= 0.6 is 0 Å². The van der Waals surface area contributed by atoms with Crippen molar-refractivity contribution < 1.29 is 35.5 Å². The molecule has 1 aromatic carbocycles. The van der Waals surface area contributed by atoms with Crippen molar-refractivity contribution in [3.05, 3.63) is 41.2 Å². The van der Waals surface area contributed by atoms with Gasteiger partial charge < -0.3 is 14.5 Å². The molecule has 1 atom stereocenters. The summed E-state index contributed by atoms with van der Waals surface area (Å²) in [6.07, 6.45) is 2.80. The number of fused-ring (bicyclic) bond motifs is 1. The lowest BCUT2D eigenvalue weighted by molar-refractivity contribution is -0.0523. The van der Waals surface area contributed by atoms with Crippen LogP contribution in [0.5, 0.6) is 5.75 Å². The number of methoxy groups -OCH3 is 1. The van der Waals surface area contributed by atoms with E-state index in [0.717, 1.165) is 0 Å². The second-order valence-corrected chi connectivity index (χ2v) is 7.61. The second-order valence-electron chi connectivity index (χ2n) is 5.96. The monoisotopic (exact) mass is 408 g/mol. The van der Waals surface area contributed by atoms with Gasteiger partial charge in [-0.2, -0.15) is 8.78 Å². The summed E-state index contributed by atoms with van der Waals surface area (Å²) in [6, 6.07) is 0.805. The van der Waals surface area contributed by atoms with Gasteiger partial charge in [-0.25, -0.2) is 17.2 Å². The van der Waals surface area contributed by atoms with E-state index in [2.05, 4.69) is 9.72 Å². The number of H-pyrrole nitrogens is 1. The molecule has 0 saturated heterocycles. The molecule has 3 rings (SSSR count). The number of hydrogen-bond donors (Lipinski definition) is 2. The second kappa shape index (κ2) is 7.39. The van der Waals surface area contributed by atoms with Crippen molar-refractivity contribution in [3.63, 3.8) is 0 Å². The Hall–Kier alpha value is -2.27. The predicted octanol–water partition coefficient (Wildman–Crippen LogP) is 3.20. The van der Waals surface area contributed by atoms with E-state index in [1.54, 1.807) is 7.11 Å². The number of aromatic nitrogens is 1. The minimum absolute atomic E-state index is 0.0337. The van der Waals surface area contributed by atoms with Gasteiger partial charge in [0.2, 0.25) is 0 Å². The van der Waals surface area contributed by atoms with Gasteiger partial charge in [0.05, 0.1) is 11.8 Å². The third kappa shape index (κ3) is 4.03. The molecule has 0 fully saturated rings. The minimum Gasteiger partial charge on any atom is -0.432 e. The molecule has 148 valence electrons. The highest BCUT2D eigenvalue weighted by Gasteiger charge is 2.29. The van der Waals surface area contributed by atoms with Crippen molar-refractivity contribution in [2.75, 3.05) is 11.8 Å². The van der Waals surface area contributed by atoms with Crippen LogP contribution in [-0.2, 0) is 27.6 Å². The van der Waals surface area contributed by atoms with Crippen LogP contribution in [-0.4, -0.2) is 33.2 Å². The standard InChI is InChI=1S/C16H16F4N2O4S/c1-25-8-2-3-9-12(4-8)21-7-15(9)27(23,24)22-13-5-11(18)14(6-10(13)17)26-16(19)20/h5-8,16,21-22H,2-4H2,1H3. The fourth-order valence-corrected chi connectivity index (χ4v) is 4.32. The average Bonchev–Trinajstić information content (AvgIpc) is 3.02. The van der Waals surface area contributed by atoms with Crippen molar-refractivity contribution in [2.45, 2.75) is 36.9 Å². The van der Waals surface area contributed by atoms with E-state index in [0.29, 0.717) is 42.7 Å². The minimum atomic E-state index is -4.23. The number of nitrogens with one attached hydrogen (secondary N) is 2. The van der Waals surface area contributed by atoms with Crippen molar-refractivity contribution in [3.8, 4) is 5.75 Å². The Balaban J connectivity index is 1.88.